The number of carboxylic acids is 1. The molecule has 0 amide bonds. The van der Waals surface area contributed by atoms with Gasteiger partial charge in [-0.2, -0.15) is 0 Å². The Morgan fingerprint density at radius 1 is 1.29 bits per heavy atom. The number of hydrogen-bond donors (Lipinski definition) is 1. The van der Waals surface area contributed by atoms with Crippen LogP contribution in [0.4, 0.5) is 4.39 Å². The molecular weight excluding hydrogens is 339 g/mol. The first-order chi connectivity index (χ1) is 9.95. The third-order valence-corrected chi connectivity index (χ3v) is 3.71. The number of fused-ring (bicyclic) bond motifs is 1. The number of benzene rings is 2. The van der Waals surface area contributed by atoms with Crippen LogP contribution in [0.15, 0.2) is 40.9 Å². The van der Waals surface area contributed by atoms with Crippen LogP contribution in [0.2, 0.25) is 0 Å². The van der Waals surface area contributed by atoms with E-state index in [0.29, 0.717) is 21.4 Å². The molecule has 0 spiro atoms. The van der Waals surface area contributed by atoms with Crippen LogP contribution in [0.25, 0.3) is 22.4 Å². The van der Waals surface area contributed by atoms with E-state index in [1.807, 2.05) is 11.6 Å². The van der Waals surface area contributed by atoms with Crippen molar-refractivity contribution in [1.82, 2.24) is 9.55 Å². The predicted octanol–water partition coefficient (Wildman–Crippen LogP) is 3.84. The smallest absolute Gasteiger partial charge is 0.335 e. The van der Waals surface area contributed by atoms with Crippen LogP contribution in [0.5, 0.6) is 0 Å². The molecule has 0 saturated heterocycles. The highest BCUT2D eigenvalue weighted by Crippen LogP contribution is 2.27. The fourth-order valence-corrected chi connectivity index (χ4v) is 2.74. The van der Waals surface area contributed by atoms with Gasteiger partial charge in [0.15, 0.2) is 0 Å². The topological polar surface area (TPSA) is 55.1 Å². The van der Waals surface area contributed by atoms with Gasteiger partial charge in [0.1, 0.15) is 11.6 Å². The molecule has 1 heterocycles. The number of aromatic carboxylic acids is 1. The average Bonchev–Trinajstić information content (AvgIpc) is 2.74. The number of carbonyl (C=O) groups is 1. The van der Waals surface area contributed by atoms with Gasteiger partial charge in [-0.05, 0) is 36.4 Å². The minimum atomic E-state index is -1.00. The van der Waals surface area contributed by atoms with E-state index in [9.17, 15) is 9.18 Å². The summed E-state index contributed by atoms with van der Waals surface area (Å²) in [5.41, 5.74) is 2.15. The number of imidazole rings is 1. The van der Waals surface area contributed by atoms with Crippen LogP contribution in [-0.4, -0.2) is 20.6 Å². The van der Waals surface area contributed by atoms with Crippen molar-refractivity contribution in [2.75, 3.05) is 0 Å². The lowest BCUT2D eigenvalue weighted by molar-refractivity contribution is 0.0697. The molecule has 6 heteroatoms. The largest absolute Gasteiger partial charge is 0.478 e. The van der Waals surface area contributed by atoms with E-state index < -0.39 is 5.97 Å². The minimum Gasteiger partial charge on any atom is -0.478 e. The molecular formula is C15H10BrFN2O2. The van der Waals surface area contributed by atoms with Gasteiger partial charge in [-0.3, -0.25) is 0 Å². The fourth-order valence-electron chi connectivity index (χ4n) is 2.27. The molecule has 3 rings (SSSR count). The molecule has 1 aromatic heterocycles. The summed E-state index contributed by atoms with van der Waals surface area (Å²) in [5, 5.41) is 9.02. The van der Waals surface area contributed by atoms with E-state index in [1.165, 1.54) is 24.3 Å². The third-order valence-electron chi connectivity index (χ3n) is 3.25. The molecule has 21 heavy (non-hydrogen) atoms. The molecule has 2 aromatic carbocycles. The zero-order valence-corrected chi connectivity index (χ0v) is 12.6. The molecule has 1 N–H and O–H groups in total. The molecule has 0 radical (unpaired) electrons. The zero-order chi connectivity index (χ0) is 15.1. The highest BCUT2D eigenvalue weighted by Gasteiger charge is 2.13. The van der Waals surface area contributed by atoms with Crippen molar-refractivity contribution in [1.29, 1.82) is 0 Å². The van der Waals surface area contributed by atoms with Gasteiger partial charge in [-0.1, -0.05) is 15.9 Å². The Hall–Kier alpha value is -2.21. The summed E-state index contributed by atoms with van der Waals surface area (Å²) in [7, 11) is 1.81. The van der Waals surface area contributed by atoms with E-state index >= 15 is 0 Å². The summed E-state index contributed by atoms with van der Waals surface area (Å²) < 4.78 is 16.0. The predicted molar refractivity (Wildman–Crippen MR) is 80.8 cm³/mol. The summed E-state index contributed by atoms with van der Waals surface area (Å²) in [4.78, 5) is 15.4. The van der Waals surface area contributed by atoms with Gasteiger partial charge in [0, 0.05) is 17.1 Å². The second-order valence-corrected chi connectivity index (χ2v) is 5.58. The lowest BCUT2D eigenvalue weighted by Gasteiger charge is -2.03. The molecule has 3 aromatic rings. The number of carboxylic acid groups (broad SMARTS) is 1. The van der Waals surface area contributed by atoms with Gasteiger partial charge in [0.05, 0.1) is 16.6 Å². The van der Waals surface area contributed by atoms with Crippen molar-refractivity contribution in [3.05, 3.63) is 52.3 Å². The molecule has 0 atom stereocenters. The molecule has 0 aliphatic rings. The summed E-state index contributed by atoms with van der Waals surface area (Å²) in [6.07, 6.45) is 0. The molecule has 0 aliphatic carbocycles. The molecule has 0 saturated carbocycles. The summed E-state index contributed by atoms with van der Waals surface area (Å²) in [6.45, 7) is 0. The molecule has 0 aliphatic heterocycles. The van der Waals surface area contributed by atoms with Crippen molar-refractivity contribution in [3.63, 3.8) is 0 Å². The SMILES string of the molecule is Cn1c(-c2cc(F)cc(Br)c2)nc2cc(C(=O)O)ccc21. The summed E-state index contributed by atoms with van der Waals surface area (Å²) in [5.74, 6) is -0.789. The van der Waals surface area contributed by atoms with Gasteiger partial charge in [-0.15, -0.1) is 0 Å². The zero-order valence-electron chi connectivity index (χ0n) is 11.0. The maximum absolute atomic E-state index is 13.5. The normalized spacial score (nSPS) is 11.0. The van der Waals surface area contributed by atoms with Gasteiger partial charge in [0.2, 0.25) is 0 Å². The quantitative estimate of drug-likeness (QED) is 0.765. The Labute approximate surface area is 128 Å². The lowest BCUT2D eigenvalue weighted by Crippen LogP contribution is -1.96. The van der Waals surface area contributed by atoms with Gasteiger partial charge in [-0.25, -0.2) is 14.2 Å². The molecule has 0 fully saturated rings. The first-order valence-corrected chi connectivity index (χ1v) is 6.91. The van der Waals surface area contributed by atoms with E-state index in [0.717, 1.165) is 5.52 Å². The summed E-state index contributed by atoms with van der Waals surface area (Å²) in [6, 6.07) is 9.26. The van der Waals surface area contributed by atoms with Gasteiger partial charge in [0.25, 0.3) is 0 Å². The van der Waals surface area contributed by atoms with Crippen LogP contribution in [0, 0.1) is 5.82 Å². The first kappa shape index (κ1) is 13.8. The van der Waals surface area contributed by atoms with Crippen LogP contribution in [0.1, 0.15) is 10.4 Å². The van der Waals surface area contributed by atoms with Crippen LogP contribution < -0.4 is 0 Å². The Balaban J connectivity index is 2.23. The molecule has 0 bridgehead atoms. The van der Waals surface area contributed by atoms with E-state index in [4.69, 9.17) is 5.11 Å². The first-order valence-electron chi connectivity index (χ1n) is 6.12. The van der Waals surface area contributed by atoms with Gasteiger partial charge < -0.3 is 9.67 Å². The number of hydrogen-bond acceptors (Lipinski definition) is 2. The van der Waals surface area contributed by atoms with Crippen molar-refractivity contribution >= 4 is 32.9 Å². The fraction of sp³-hybridized carbons (Fsp3) is 0.0667. The summed E-state index contributed by atoms with van der Waals surface area (Å²) >= 11 is 3.25. The standard InChI is InChI=1S/C15H10BrFN2O2/c1-19-13-3-2-8(15(20)21)6-12(13)18-14(19)9-4-10(16)7-11(17)5-9/h2-7H,1H3,(H,20,21). The van der Waals surface area contributed by atoms with Crippen LogP contribution >= 0.6 is 15.9 Å². The number of halogens is 2. The number of aryl methyl sites for hydroxylation is 1. The highest BCUT2D eigenvalue weighted by atomic mass is 79.9. The van der Waals surface area contributed by atoms with Gasteiger partial charge >= 0.3 is 5.97 Å². The minimum absolute atomic E-state index is 0.174. The van der Waals surface area contributed by atoms with E-state index in [2.05, 4.69) is 20.9 Å². The Bertz CT molecular complexity index is 853. The van der Waals surface area contributed by atoms with Crippen molar-refractivity contribution in [2.45, 2.75) is 0 Å². The van der Waals surface area contributed by atoms with Crippen molar-refractivity contribution < 1.29 is 14.3 Å². The second-order valence-electron chi connectivity index (χ2n) is 4.66. The highest BCUT2D eigenvalue weighted by molar-refractivity contribution is 9.10. The lowest BCUT2D eigenvalue weighted by atomic mass is 10.2. The van der Waals surface area contributed by atoms with Crippen molar-refractivity contribution in [2.24, 2.45) is 7.05 Å². The third kappa shape index (κ3) is 2.42. The Morgan fingerprint density at radius 3 is 2.71 bits per heavy atom. The Kier molecular flexibility index (Phi) is 3.25. The number of nitrogens with zero attached hydrogens (tertiary/aromatic N) is 2. The number of aromatic nitrogens is 2. The maximum Gasteiger partial charge on any atom is 0.335 e. The molecule has 0 unspecified atom stereocenters. The molecule has 106 valence electrons. The average molecular weight is 349 g/mol. The van der Waals surface area contributed by atoms with E-state index in [-0.39, 0.29) is 11.4 Å². The van der Waals surface area contributed by atoms with Crippen LogP contribution in [-0.2, 0) is 7.05 Å². The monoisotopic (exact) mass is 348 g/mol. The van der Waals surface area contributed by atoms with E-state index in [1.54, 1.807) is 12.1 Å². The second kappa shape index (κ2) is 4.96. The van der Waals surface area contributed by atoms with Crippen LogP contribution in [0.3, 0.4) is 0 Å². The maximum atomic E-state index is 13.5. The molecule has 4 nitrogen and oxygen atoms in total. The number of rotatable bonds is 2. The van der Waals surface area contributed by atoms with Crippen molar-refractivity contribution in [3.8, 4) is 11.4 Å². The Morgan fingerprint density at radius 2 is 2.05 bits per heavy atom.